The second kappa shape index (κ2) is 9.68. The van der Waals surface area contributed by atoms with Crippen molar-refractivity contribution in [1.82, 2.24) is 29.7 Å². The lowest BCUT2D eigenvalue weighted by Gasteiger charge is -2.15. The van der Waals surface area contributed by atoms with E-state index in [0.717, 1.165) is 30.2 Å². The molecule has 0 spiro atoms. The largest absolute Gasteiger partial charge is 0.480 e. The molecule has 5 rings (SSSR count). The number of nitrogens with zero attached hydrogens (tertiary/aromatic N) is 6. The van der Waals surface area contributed by atoms with Crippen LogP contribution in [-0.2, 0) is 12.7 Å². The minimum absolute atomic E-state index is 0.347. The van der Waals surface area contributed by atoms with Crippen molar-refractivity contribution in [2.75, 3.05) is 24.8 Å². The van der Waals surface area contributed by atoms with Crippen LogP contribution >= 0.6 is 0 Å². The molecular weight excluding hydrogens is 485 g/mol. The molecule has 0 radical (unpaired) electrons. The van der Waals surface area contributed by atoms with Crippen molar-refractivity contribution in [2.24, 2.45) is 0 Å². The fourth-order valence-electron chi connectivity index (χ4n) is 4.05. The molecule has 192 valence electrons. The number of methoxy groups -OCH3 is 1. The molecular formula is C25H25F3N8O. The highest BCUT2D eigenvalue weighted by Gasteiger charge is 2.34. The molecule has 37 heavy (non-hydrogen) atoms. The SMILES string of the molecule is CNc1cnc(-c2c(OC)ncnc2C2CC2)nc1NCc1ccc(-n2nc(C(F)(F)F)cc2C)cc1. The first-order valence-corrected chi connectivity index (χ1v) is 11.7. The molecule has 0 atom stereocenters. The molecule has 3 heterocycles. The molecule has 0 amide bonds. The molecule has 3 aromatic heterocycles. The predicted molar refractivity (Wildman–Crippen MR) is 132 cm³/mol. The smallest absolute Gasteiger partial charge is 0.435 e. The molecule has 4 aromatic rings. The number of aryl methyl sites for hydroxylation is 1. The number of rotatable bonds is 8. The summed E-state index contributed by atoms with van der Waals surface area (Å²) in [5.41, 5.74) is 3.21. The van der Waals surface area contributed by atoms with E-state index < -0.39 is 11.9 Å². The highest BCUT2D eigenvalue weighted by atomic mass is 19.4. The number of alkyl halides is 3. The lowest BCUT2D eigenvalue weighted by Crippen LogP contribution is -2.09. The minimum Gasteiger partial charge on any atom is -0.480 e. The first kappa shape index (κ1) is 24.5. The Kier molecular flexibility index (Phi) is 6.40. The maximum absolute atomic E-state index is 13.0. The van der Waals surface area contributed by atoms with E-state index in [9.17, 15) is 13.2 Å². The van der Waals surface area contributed by atoms with Gasteiger partial charge in [0.2, 0.25) is 5.88 Å². The molecule has 0 unspecified atom stereocenters. The first-order valence-electron chi connectivity index (χ1n) is 11.7. The number of ether oxygens (including phenoxy) is 1. The monoisotopic (exact) mass is 510 g/mol. The van der Waals surface area contributed by atoms with Gasteiger partial charge >= 0.3 is 6.18 Å². The quantitative estimate of drug-likeness (QED) is 0.342. The molecule has 1 aliphatic rings. The molecule has 0 saturated heterocycles. The highest BCUT2D eigenvalue weighted by molar-refractivity contribution is 5.71. The predicted octanol–water partition coefficient (Wildman–Crippen LogP) is 4.99. The number of hydrogen-bond acceptors (Lipinski definition) is 8. The van der Waals surface area contributed by atoms with Crippen LogP contribution in [0, 0.1) is 6.92 Å². The zero-order valence-corrected chi connectivity index (χ0v) is 20.5. The van der Waals surface area contributed by atoms with Crippen LogP contribution in [0.5, 0.6) is 5.88 Å². The summed E-state index contributed by atoms with van der Waals surface area (Å²) in [6.45, 7) is 2.01. The number of benzene rings is 1. The fraction of sp³-hybridized carbons (Fsp3) is 0.320. The van der Waals surface area contributed by atoms with Gasteiger partial charge in [0.15, 0.2) is 17.3 Å². The Bertz CT molecular complexity index is 1410. The Morgan fingerprint density at radius 3 is 2.49 bits per heavy atom. The molecule has 9 nitrogen and oxygen atoms in total. The van der Waals surface area contributed by atoms with E-state index in [1.807, 2.05) is 12.1 Å². The third kappa shape index (κ3) is 5.04. The summed E-state index contributed by atoms with van der Waals surface area (Å²) in [6.07, 6.45) is 0.804. The summed E-state index contributed by atoms with van der Waals surface area (Å²) in [5, 5.41) is 10.1. The van der Waals surface area contributed by atoms with Gasteiger partial charge in [-0.3, -0.25) is 0 Å². The van der Waals surface area contributed by atoms with E-state index in [2.05, 4.69) is 30.7 Å². The van der Waals surface area contributed by atoms with E-state index in [1.54, 1.807) is 39.4 Å². The summed E-state index contributed by atoms with van der Waals surface area (Å²) in [5.74, 6) is 1.83. The number of aromatic nitrogens is 6. The van der Waals surface area contributed by atoms with Crippen LogP contribution in [-0.4, -0.2) is 43.9 Å². The molecule has 0 aliphatic heterocycles. The lowest BCUT2D eigenvalue weighted by molar-refractivity contribution is -0.141. The number of nitrogens with one attached hydrogen (secondary N) is 2. The molecule has 2 N–H and O–H groups in total. The van der Waals surface area contributed by atoms with Crippen molar-refractivity contribution in [3.8, 4) is 23.0 Å². The molecule has 12 heteroatoms. The second-order valence-corrected chi connectivity index (χ2v) is 8.72. The molecule has 0 bridgehead atoms. The number of halogens is 3. The van der Waals surface area contributed by atoms with E-state index in [1.165, 1.54) is 11.0 Å². The van der Waals surface area contributed by atoms with Crippen molar-refractivity contribution in [3.63, 3.8) is 0 Å². The lowest BCUT2D eigenvalue weighted by atomic mass is 10.1. The van der Waals surface area contributed by atoms with E-state index in [4.69, 9.17) is 9.72 Å². The Balaban J connectivity index is 1.38. The highest BCUT2D eigenvalue weighted by Crippen LogP contribution is 2.45. The Labute approximate surface area is 211 Å². The van der Waals surface area contributed by atoms with Crippen molar-refractivity contribution < 1.29 is 17.9 Å². The Hall–Kier alpha value is -4.22. The Morgan fingerprint density at radius 1 is 1.11 bits per heavy atom. The van der Waals surface area contributed by atoms with Gasteiger partial charge in [-0.1, -0.05) is 12.1 Å². The van der Waals surface area contributed by atoms with Gasteiger partial charge in [0.25, 0.3) is 0 Å². The van der Waals surface area contributed by atoms with Gasteiger partial charge in [0.1, 0.15) is 11.9 Å². The molecule has 1 aromatic carbocycles. The summed E-state index contributed by atoms with van der Waals surface area (Å²) in [7, 11) is 3.34. The number of hydrogen-bond donors (Lipinski definition) is 2. The molecule has 1 aliphatic carbocycles. The van der Waals surface area contributed by atoms with Crippen LogP contribution in [0.4, 0.5) is 24.7 Å². The average molecular weight is 511 g/mol. The van der Waals surface area contributed by atoms with Crippen molar-refractivity contribution in [2.45, 2.75) is 38.4 Å². The number of anilines is 2. The second-order valence-electron chi connectivity index (χ2n) is 8.72. The fourth-order valence-corrected chi connectivity index (χ4v) is 4.05. The maximum Gasteiger partial charge on any atom is 0.435 e. The van der Waals surface area contributed by atoms with Gasteiger partial charge in [-0.15, -0.1) is 0 Å². The average Bonchev–Trinajstić information content (AvgIpc) is 3.67. The van der Waals surface area contributed by atoms with Crippen molar-refractivity contribution >= 4 is 11.5 Å². The van der Waals surface area contributed by atoms with Crippen LogP contribution in [0.1, 0.15) is 41.4 Å². The van der Waals surface area contributed by atoms with Crippen molar-refractivity contribution in [3.05, 3.63) is 65.5 Å². The van der Waals surface area contributed by atoms with Crippen LogP contribution in [0.2, 0.25) is 0 Å². The first-order chi connectivity index (χ1) is 17.8. The summed E-state index contributed by atoms with van der Waals surface area (Å²) >= 11 is 0. The zero-order chi connectivity index (χ0) is 26.2. The van der Waals surface area contributed by atoms with Crippen LogP contribution in [0.3, 0.4) is 0 Å². The minimum atomic E-state index is -4.49. The Morgan fingerprint density at radius 2 is 1.86 bits per heavy atom. The van der Waals surface area contributed by atoms with Gasteiger partial charge in [-0.2, -0.15) is 18.3 Å². The van der Waals surface area contributed by atoms with Gasteiger partial charge < -0.3 is 15.4 Å². The maximum atomic E-state index is 13.0. The van der Waals surface area contributed by atoms with Gasteiger partial charge in [-0.05, 0) is 43.5 Å². The normalized spacial score (nSPS) is 13.5. The topological polar surface area (TPSA) is 103 Å². The van der Waals surface area contributed by atoms with Crippen LogP contribution in [0.15, 0.2) is 42.9 Å². The van der Waals surface area contributed by atoms with Gasteiger partial charge in [0, 0.05) is 25.2 Å². The summed E-state index contributed by atoms with van der Waals surface area (Å²) < 4.78 is 45.8. The summed E-state index contributed by atoms with van der Waals surface area (Å²) in [6, 6.07) is 8.16. The van der Waals surface area contributed by atoms with E-state index >= 15 is 0 Å². The van der Waals surface area contributed by atoms with Crippen LogP contribution < -0.4 is 15.4 Å². The third-order valence-corrected chi connectivity index (χ3v) is 6.10. The van der Waals surface area contributed by atoms with Gasteiger partial charge in [0.05, 0.1) is 30.4 Å². The standard InChI is InChI=1S/C25H25F3N8O/c1-14-10-19(25(26,27)28)35-36(14)17-8-4-15(5-9-17)11-30-22-18(29-2)12-31-23(34-22)20-21(16-6-7-16)32-13-33-24(20)37-3/h4-5,8-10,12-13,16,29H,6-7,11H2,1-3H3,(H,30,31,34). The zero-order valence-electron chi connectivity index (χ0n) is 20.5. The summed E-state index contributed by atoms with van der Waals surface area (Å²) in [4.78, 5) is 18.0. The molecule has 1 fully saturated rings. The van der Waals surface area contributed by atoms with Gasteiger partial charge in [-0.25, -0.2) is 24.6 Å². The third-order valence-electron chi connectivity index (χ3n) is 6.10. The van der Waals surface area contributed by atoms with Crippen molar-refractivity contribution in [1.29, 1.82) is 0 Å². The van der Waals surface area contributed by atoms with E-state index in [-0.39, 0.29) is 0 Å². The van der Waals surface area contributed by atoms with E-state index in [0.29, 0.717) is 52.6 Å². The van der Waals surface area contributed by atoms with Crippen LogP contribution in [0.25, 0.3) is 17.1 Å². The molecule has 1 saturated carbocycles.